The molecule has 3 aliphatic rings. The van der Waals surface area contributed by atoms with Gasteiger partial charge in [-0.05, 0) is 43.9 Å². The molecule has 0 N–H and O–H groups in total. The minimum absolute atomic E-state index is 0.0454. The highest BCUT2D eigenvalue weighted by Gasteiger charge is 2.36. The molecule has 8 heteroatoms. The highest BCUT2D eigenvalue weighted by atomic mass is 16.2. The van der Waals surface area contributed by atoms with Gasteiger partial charge in [-0.3, -0.25) is 14.2 Å². The van der Waals surface area contributed by atoms with Crippen LogP contribution < -0.4 is 4.90 Å². The van der Waals surface area contributed by atoms with Gasteiger partial charge in [-0.2, -0.15) is 0 Å². The van der Waals surface area contributed by atoms with Crippen LogP contribution in [-0.4, -0.2) is 75.6 Å². The molecule has 172 valence electrons. The summed E-state index contributed by atoms with van der Waals surface area (Å²) in [6.07, 6.45) is 9.30. The van der Waals surface area contributed by atoms with E-state index in [2.05, 4.69) is 28.9 Å². The van der Waals surface area contributed by atoms with Crippen molar-refractivity contribution in [2.75, 3.05) is 44.2 Å². The molecule has 8 nitrogen and oxygen atoms in total. The molecule has 1 aromatic rings. The average Bonchev–Trinajstić information content (AvgIpc) is 3.48. The van der Waals surface area contributed by atoms with Crippen LogP contribution in [0.1, 0.15) is 82.3 Å². The Hall–Kier alpha value is -2.12. The van der Waals surface area contributed by atoms with E-state index in [1.165, 1.54) is 12.8 Å². The van der Waals surface area contributed by atoms with E-state index in [9.17, 15) is 9.59 Å². The van der Waals surface area contributed by atoms with E-state index in [4.69, 9.17) is 0 Å². The summed E-state index contributed by atoms with van der Waals surface area (Å²) >= 11 is 0. The lowest BCUT2D eigenvalue weighted by atomic mass is 9.87. The number of hydrogen-bond acceptors (Lipinski definition) is 5. The third kappa shape index (κ3) is 4.88. The second kappa shape index (κ2) is 9.57. The first kappa shape index (κ1) is 22.1. The zero-order valence-electron chi connectivity index (χ0n) is 19.3. The molecule has 3 saturated heterocycles. The third-order valence-electron chi connectivity index (χ3n) is 7.52. The molecule has 0 bridgehead atoms. The Labute approximate surface area is 186 Å². The SMILES string of the molecule is CCC1(C)CCN(c2nnc(C(=O)N3CCCC3)n2CCC(=O)N2CCCCCC2)C1. The van der Waals surface area contributed by atoms with Crippen LogP contribution in [0.2, 0.25) is 0 Å². The van der Waals surface area contributed by atoms with Gasteiger partial charge >= 0.3 is 0 Å². The second-order valence-electron chi connectivity index (χ2n) is 9.86. The van der Waals surface area contributed by atoms with E-state index < -0.39 is 0 Å². The molecule has 4 rings (SSSR count). The molecule has 31 heavy (non-hydrogen) atoms. The van der Waals surface area contributed by atoms with Crippen LogP contribution in [0, 0.1) is 5.41 Å². The smallest absolute Gasteiger partial charge is 0.291 e. The van der Waals surface area contributed by atoms with Crippen LogP contribution in [0.5, 0.6) is 0 Å². The number of nitrogens with zero attached hydrogens (tertiary/aromatic N) is 6. The molecule has 0 aliphatic carbocycles. The summed E-state index contributed by atoms with van der Waals surface area (Å²) < 4.78 is 1.93. The number of rotatable bonds is 6. The van der Waals surface area contributed by atoms with Crippen molar-refractivity contribution in [2.45, 2.75) is 78.2 Å². The zero-order chi connectivity index (χ0) is 21.8. The van der Waals surface area contributed by atoms with Gasteiger partial charge in [0.1, 0.15) is 0 Å². The van der Waals surface area contributed by atoms with Gasteiger partial charge < -0.3 is 14.7 Å². The van der Waals surface area contributed by atoms with Crippen molar-refractivity contribution in [3.63, 3.8) is 0 Å². The summed E-state index contributed by atoms with van der Waals surface area (Å²) in [6, 6.07) is 0. The highest BCUT2D eigenvalue weighted by molar-refractivity contribution is 5.91. The number of hydrogen-bond donors (Lipinski definition) is 0. The van der Waals surface area contributed by atoms with E-state index >= 15 is 0 Å². The number of carbonyl (C=O) groups excluding carboxylic acids is 2. The molecule has 3 aliphatic heterocycles. The number of aromatic nitrogens is 3. The molecule has 4 heterocycles. The van der Waals surface area contributed by atoms with Crippen LogP contribution in [0.15, 0.2) is 0 Å². The largest absolute Gasteiger partial charge is 0.343 e. The van der Waals surface area contributed by atoms with Gasteiger partial charge in [0.15, 0.2) is 0 Å². The summed E-state index contributed by atoms with van der Waals surface area (Å²) in [5, 5.41) is 8.80. The minimum atomic E-state index is -0.0454. The number of amides is 2. The van der Waals surface area contributed by atoms with Crippen molar-refractivity contribution >= 4 is 17.8 Å². The lowest BCUT2D eigenvalue weighted by molar-refractivity contribution is -0.131. The van der Waals surface area contributed by atoms with Crippen molar-refractivity contribution in [1.29, 1.82) is 0 Å². The summed E-state index contributed by atoms with van der Waals surface area (Å²) in [5.74, 6) is 1.28. The molecule has 0 spiro atoms. The first-order valence-corrected chi connectivity index (χ1v) is 12.3. The Morgan fingerprint density at radius 3 is 2.19 bits per heavy atom. The van der Waals surface area contributed by atoms with Crippen LogP contribution in [0.4, 0.5) is 5.95 Å². The standard InChI is InChI=1S/C23H38N6O2/c1-3-23(2)11-17-28(18-23)22-25-24-20(21(31)27-14-8-9-15-27)29(22)16-10-19(30)26-12-6-4-5-7-13-26/h3-18H2,1-2H3. The Kier molecular flexibility index (Phi) is 6.82. The number of carbonyl (C=O) groups is 2. The maximum atomic E-state index is 13.2. The maximum absolute atomic E-state index is 13.2. The Balaban J connectivity index is 1.53. The first-order chi connectivity index (χ1) is 15.0. The van der Waals surface area contributed by atoms with Crippen molar-refractivity contribution in [1.82, 2.24) is 24.6 Å². The van der Waals surface area contributed by atoms with Crippen LogP contribution in [0.3, 0.4) is 0 Å². The van der Waals surface area contributed by atoms with Crippen LogP contribution in [-0.2, 0) is 11.3 Å². The second-order valence-corrected chi connectivity index (χ2v) is 9.86. The molecule has 2 amide bonds. The van der Waals surface area contributed by atoms with Gasteiger partial charge in [-0.1, -0.05) is 26.7 Å². The van der Waals surface area contributed by atoms with Gasteiger partial charge in [0.25, 0.3) is 5.91 Å². The topological polar surface area (TPSA) is 74.6 Å². The molecule has 0 radical (unpaired) electrons. The first-order valence-electron chi connectivity index (χ1n) is 12.3. The molecular formula is C23H38N6O2. The zero-order valence-corrected chi connectivity index (χ0v) is 19.3. The van der Waals surface area contributed by atoms with E-state index in [0.29, 0.717) is 18.8 Å². The van der Waals surface area contributed by atoms with E-state index in [1.54, 1.807) is 0 Å². The summed E-state index contributed by atoms with van der Waals surface area (Å²) in [4.78, 5) is 32.2. The maximum Gasteiger partial charge on any atom is 0.291 e. The van der Waals surface area contributed by atoms with Gasteiger partial charge in [-0.25, -0.2) is 0 Å². The predicted octanol–water partition coefficient (Wildman–Crippen LogP) is 2.93. The summed E-state index contributed by atoms with van der Waals surface area (Å²) in [6.45, 7) is 10.1. The predicted molar refractivity (Wildman–Crippen MR) is 120 cm³/mol. The minimum Gasteiger partial charge on any atom is -0.343 e. The summed E-state index contributed by atoms with van der Waals surface area (Å²) in [5.41, 5.74) is 0.262. The van der Waals surface area contributed by atoms with Crippen molar-refractivity contribution in [3.05, 3.63) is 5.82 Å². The summed E-state index contributed by atoms with van der Waals surface area (Å²) in [7, 11) is 0. The van der Waals surface area contributed by atoms with E-state index in [1.807, 2.05) is 14.4 Å². The van der Waals surface area contributed by atoms with Crippen LogP contribution >= 0.6 is 0 Å². The fraction of sp³-hybridized carbons (Fsp3) is 0.826. The lowest BCUT2D eigenvalue weighted by Gasteiger charge is -2.25. The molecule has 0 aromatic carbocycles. The number of anilines is 1. The van der Waals surface area contributed by atoms with Gasteiger partial charge in [0, 0.05) is 52.2 Å². The van der Waals surface area contributed by atoms with E-state index in [0.717, 1.165) is 83.7 Å². The fourth-order valence-corrected chi connectivity index (χ4v) is 5.12. The van der Waals surface area contributed by atoms with Crippen molar-refractivity contribution < 1.29 is 9.59 Å². The van der Waals surface area contributed by atoms with Crippen molar-refractivity contribution in [3.8, 4) is 0 Å². The molecule has 1 atom stereocenters. The quantitative estimate of drug-likeness (QED) is 0.694. The normalized spacial score (nSPS) is 24.6. The monoisotopic (exact) mass is 430 g/mol. The number of likely N-dealkylation sites (tertiary alicyclic amines) is 2. The molecule has 0 saturated carbocycles. The van der Waals surface area contributed by atoms with Crippen molar-refractivity contribution in [2.24, 2.45) is 5.41 Å². The van der Waals surface area contributed by atoms with Gasteiger partial charge in [0.2, 0.25) is 17.7 Å². The Morgan fingerprint density at radius 1 is 0.903 bits per heavy atom. The highest BCUT2D eigenvalue weighted by Crippen LogP contribution is 2.35. The average molecular weight is 431 g/mol. The Bertz CT molecular complexity index is 779. The van der Waals surface area contributed by atoms with Crippen LogP contribution in [0.25, 0.3) is 0 Å². The van der Waals surface area contributed by atoms with Gasteiger partial charge in [0.05, 0.1) is 0 Å². The molecular weight excluding hydrogens is 392 g/mol. The Morgan fingerprint density at radius 2 is 1.55 bits per heavy atom. The third-order valence-corrected chi connectivity index (χ3v) is 7.52. The lowest BCUT2D eigenvalue weighted by Crippen LogP contribution is -2.34. The van der Waals surface area contributed by atoms with E-state index in [-0.39, 0.29) is 17.2 Å². The molecule has 1 aromatic heterocycles. The molecule has 3 fully saturated rings. The molecule has 1 unspecified atom stereocenters. The fourth-order valence-electron chi connectivity index (χ4n) is 5.12. The van der Waals surface area contributed by atoms with Gasteiger partial charge in [-0.15, -0.1) is 10.2 Å².